The second kappa shape index (κ2) is 7.41. The van der Waals surface area contributed by atoms with Crippen molar-refractivity contribution < 1.29 is 9.53 Å². The van der Waals surface area contributed by atoms with Crippen molar-refractivity contribution in [2.24, 2.45) is 0 Å². The number of carbonyl (C=O) groups excluding carboxylic acids is 1. The number of hydrogen-bond acceptors (Lipinski definition) is 4. The van der Waals surface area contributed by atoms with E-state index in [0.29, 0.717) is 18.7 Å². The maximum absolute atomic E-state index is 12.3. The molecule has 2 aromatic rings. The summed E-state index contributed by atoms with van der Waals surface area (Å²) in [7, 11) is 1.65. The van der Waals surface area contributed by atoms with Gasteiger partial charge in [0.05, 0.1) is 29.6 Å². The average Bonchev–Trinajstić information content (AvgIpc) is 3.04. The number of nitrogens with zero attached hydrogens (tertiary/aromatic N) is 3. The van der Waals surface area contributed by atoms with Crippen LogP contribution in [0.2, 0.25) is 0 Å². The fourth-order valence-electron chi connectivity index (χ4n) is 2.59. The van der Waals surface area contributed by atoms with Gasteiger partial charge in [-0.25, -0.2) is 0 Å². The molecule has 0 fully saturated rings. The van der Waals surface area contributed by atoms with Crippen molar-refractivity contribution in [3.05, 3.63) is 34.4 Å². The maximum Gasteiger partial charge on any atom is 0.254 e. The third-order valence-electron chi connectivity index (χ3n) is 3.96. The lowest BCUT2D eigenvalue weighted by Crippen LogP contribution is -2.26. The highest BCUT2D eigenvalue weighted by atomic mass is 16.5. The highest BCUT2D eigenvalue weighted by molar-refractivity contribution is 5.95. The van der Waals surface area contributed by atoms with E-state index in [-0.39, 0.29) is 11.9 Å². The van der Waals surface area contributed by atoms with Crippen LogP contribution in [-0.2, 0) is 11.2 Å². The molecule has 0 aromatic carbocycles. The molecule has 1 atom stereocenters. The molecule has 2 N–H and O–H groups in total. The Morgan fingerprint density at radius 2 is 2.13 bits per heavy atom. The summed E-state index contributed by atoms with van der Waals surface area (Å²) in [5.74, 6) is -0.0998. The van der Waals surface area contributed by atoms with Gasteiger partial charge in [0.25, 0.3) is 5.91 Å². The normalized spacial score (nSPS) is 12.4. The monoisotopic (exact) mass is 319 g/mol. The first-order chi connectivity index (χ1) is 10.9. The molecule has 0 aliphatic carbocycles. The summed E-state index contributed by atoms with van der Waals surface area (Å²) in [6, 6.07) is 0.0940. The van der Waals surface area contributed by atoms with Crippen LogP contribution in [0.4, 0.5) is 0 Å². The highest BCUT2D eigenvalue weighted by Gasteiger charge is 2.16. The van der Waals surface area contributed by atoms with Crippen LogP contribution in [0.15, 0.2) is 6.20 Å². The number of ether oxygens (including phenoxy) is 1. The van der Waals surface area contributed by atoms with Gasteiger partial charge in [0.2, 0.25) is 0 Å². The van der Waals surface area contributed by atoms with Crippen LogP contribution in [-0.4, -0.2) is 46.1 Å². The zero-order valence-corrected chi connectivity index (χ0v) is 14.4. The van der Waals surface area contributed by atoms with Gasteiger partial charge in [-0.3, -0.25) is 14.6 Å². The summed E-state index contributed by atoms with van der Waals surface area (Å²) in [5, 5.41) is 14.5. The molecule has 0 saturated heterocycles. The third-order valence-corrected chi connectivity index (χ3v) is 3.96. The van der Waals surface area contributed by atoms with Crippen molar-refractivity contribution in [1.82, 2.24) is 25.3 Å². The molecule has 1 amide bonds. The van der Waals surface area contributed by atoms with Crippen LogP contribution in [0.3, 0.4) is 0 Å². The van der Waals surface area contributed by atoms with Crippen LogP contribution >= 0.6 is 0 Å². The Hall–Kier alpha value is -2.15. The summed E-state index contributed by atoms with van der Waals surface area (Å²) in [6.45, 7) is 8.92. The molecule has 0 bridgehead atoms. The fraction of sp³-hybridized carbons (Fsp3) is 0.562. The molecule has 0 radical (unpaired) electrons. The molecule has 2 rings (SSSR count). The van der Waals surface area contributed by atoms with E-state index in [0.717, 1.165) is 29.1 Å². The van der Waals surface area contributed by atoms with Gasteiger partial charge >= 0.3 is 0 Å². The van der Waals surface area contributed by atoms with Crippen molar-refractivity contribution in [2.45, 2.75) is 40.2 Å². The molecule has 2 aromatic heterocycles. The summed E-state index contributed by atoms with van der Waals surface area (Å²) in [5.41, 5.74) is 4.52. The van der Waals surface area contributed by atoms with Crippen LogP contribution in [0, 0.1) is 20.8 Å². The Morgan fingerprint density at radius 1 is 1.39 bits per heavy atom. The Morgan fingerprint density at radius 3 is 2.74 bits per heavy atom. The molecular weight excluding hydrogens is 294 g/mol. The van der Waals surface area contributed by atoms with E-state index in [1.54, 1.807) is 18.0 Å². The lowest BCUT2D eigenvalue weighted by molar-refractivity contribution is 0.0953. The fourth-order valence-corrected chi connectivity index (χ4v) is 2.59. The van der Waals surface area contributed by atoms with Crippen molar-refractivity contribution in [1.29, 1.82) is 0 Å². The van der Waals surface area contributed by atoms with Crippen molar-refractivity contribution >= 4 is 5.91 Å². The smallest absolute Gasteiger partial charge is 0.254 e. The predicted octanol–water partition coefficient (Wildman–Crippen LogP) is 1.71. The summed E-state index contributed by atoms with van der Waals surface area (Å²) >= 11 is 0. The minimum absolute atomic E-state index is 0.0940. The number of methoxy groups -OCH3 is 1. The average molecular weight is 319 g/mol. The number of aromatic amines is 1. The minimum atomic E-state index is -0.0998. The summed E-state index contributed by atoms with van der Waals surface area (Å²) in [6.07, 6.45) is 2.54. The Bertz CT molecular complexity index is 655. The quantitative estimate of drug-likeness (QED) is 0.813. The highest BCUT2D eigenvalue weighted by Crippen LogP contribution is 2.12. The van der Waals surface area contributed by atoms with Crippen molar-refractivity contribution in [3.63, 3.8) is 0 Å². The van der Waals surface area contributed by atoms with Gasteiger partial charge in [-0.1, -0.05) is 0 Å². The zero-order chi connectivity index (χ0) is 17.0. The van der Waals surface area contributed by atoms with E-state index in [9.17, 15) is 4.79 Å². The van der Waals surface area contributed by atoms with Crippen molar-refractivity contribution in [3.8, 4) is 0 Å². The van der Waals surface area contributed by atoms with Crippen LogP contribution < -0.4 is 5.32 Å². The predicted molar refractivity (Wildman–Crippen MR) is 87.6 cm³/mol. The van der Waals surface area contributed by atoms with E-state index >= 15 is 0 Å². The number of nitrogens with one attached hydrogen (secondary N) is 2. The molecule has 0 saturated carbocycles. The van der Waals surface area contributed by atoms with Gasteiger partial charge in [0, 0.05) is 25.5 Å². The number of rotatable bonds is 7. The Balaban J connectivity index is 1.96. The second-order valence-corrected chi connectivity index (χ2v) is 5.83. The lowest BCUT2D eigenvalue weighted by atomic mass is 10.1. The van der Waals surface area contributed by atoms with Gasteiger partial charge in [-0.05, 0) is 39.7 Å². The van der Waals surface area contributed by atoms with E-state index < -0.39 is 0 Å². The lowest BCUT2D eigenvalue weighted by Gasteiger charge is -2.10. The van der Waals surface area contributed by atoms with E-state index in [1.165, 1.54) is 0 Å². The van der Waals surface area contributed by atoms with Gasteiger partial charge < -0.3 is 10.1 Å². The van der Waals surface area contributed by atoms with Gasteiger partial charge in [-0.2, -0.15) is 10.2 Å². The minimum Gasteiger partial charge on any atom is -0.382 e. The molecule has 1 unspecified atom stereocenters. The topological polar surface area (TPSA) is 84.8 Å². The molecule has 126 valence electrons. The standard InChI is InChI=1S/C16H25N5O2/c1-10(9-23-5)21-8-15(13(4)20-21)16(22)17-7-6-14-11(2)18-19-12(14)3/h8,10H,6-7,9H2,1-5H3,(H,17,22)(H,18,19). The van der Waals surface area contributed by atoms with Gasteiger partial charge in [0.15, 0.2) is 0 Å². The number of carbonyl (C=O) groups is 1. The van der Waals surface area contributed by atoms with Crippen molar-refractivity contribution in [2.75, 3.05) is 20.3 Å². The van der Waals surface area contributed by atoms with E-state index in [2.05, 4.69) is 20.6 Å². The first-order valence-electron chi connectivity index (χ1n) is 7.77. The third kappa shape index (κ3) is 3.98. The molecule has 23 heavy (non-hydrogen) atoms. The van der Waals surface area contributed by atoms with Crippen LogP contribution in [0.5, 0.6) is 0 Å². The molecule has 0 spiro atoms. The molecule has 7 heteroatoms. The number of amides is 1. The second-order valence-electron chi connectivity index (χ2n) is 5.83. The molecule has 7 nitrogen and oxygen atoms in total. The summed E-state index contributed by atoms with van der Waals surface area (Å²) in [4.78, 5) is 12.3. The molecule has 0 aliphatic heterocycles. The number of aromatic nitrogens is 4. The Kier molecular flexibility index (Phi) is 5.54. The first kappa shape index (κ1) is 17.2. The van der Waals surface area contributed by atoms with Crippen LogP contribution in [0.1, 0.15) is 46.0 Å². The maximum atomic E-state index is 12.3. The Labute approximate surface area is 136 Å². The molecular formula is C16H25N5O2. The number of hydrogen-bond donors (Lipinski definition) is 2. The zero-order valence-electron chi connectivity index (χ0n) is 14.4. The first-order valence-corrected chi connectivity index (χ1v) is 7.77. The SMILES string of the molecule is COCC(C)n1cc(C(=O)NCCc2c(C)n[nH]c2C)c(C)n1. The van der Waals surface area contributed by atoms with Gasteiger partial charge in [-0.15, -0.1) is 0 Å². The van der Waals surface area contributed by atoms with E-state index in [4.69, 9.17) is 4.74 Å². The molecule has 2 heterocycles. The number of aryl methyl sites for hydroxylation is 3. The number of H-pyrrole nitrogens is 1. The van der Waals surface area contributed by atoms with E-state index in [1.807, 2.05) is 27.7 Å². The largest absolute Gasteiger partial charge is 0.382 e. The summed E-state index contributed by atoms with van der Waals surface area (Å²) < 4.78 is 6.90. The molecule has 0 aliphatic rings. The van der Waals surface area contributed by atoms with Crippen LogP contribution in [0.25, 0.3) is 0 Å². The van der Waals surface area contributed by atoms with Gasteiger partial charge in [0.1, 0.15) is 0 Å².